The molecule has 2 saturated heterocycles. The molecule has 0 atom stereocenters. The minimum atomic E-state index is -0.134. The van der Waals surface area contributed by atoms with E-state index in [1.165, 1.54) is 0 Å². The number of carbonyl (C=O) groups excluding carboxylic acids is 1. The molecule has 0 spiro atoms. The SMILES string of the molecule is Cc1nc(N2CCOCC2)cc(N2CCN(C(=O)Nc3ccccc3Cl)CC2)n1. The van der Waals surface area contributed by atoms with E-state index in [9.17, 15) is 4.79 Å². The molecule has 0 saturated carbocycles. The molecule has 29 heavy (non-hydrogen) atoms. The Labute approximate surface area is 175 Å². The summed E-state index contributed by atoms with van der Waals surface area (Å²) >= 11 is 6.14. The number of ether oxygens (including phenoxy) is 1. The number of aromatic nitrogens is 2. The Balaban J connectivity index is 1.38. The van der Waals surface area contributed by atoms with Crippen LogP contribution in [-0.4, -0.2) is 73.4 Å². The maximum absolute atomic E-state index is 12.6. The molecule has 1 aromatic heterocycles. The number of rotatable bonds is 3. The highest BCUT2D eigenvalue weighted by atomic mass is 35.5. The molecule has 3 heterocycles. The molecule has 0 radical (unpaired) electrons. The molecule has 2 amide bonds. The van der Waals surface area contributed by atoms with Gasteiger partial charge in [0.15, 0.2) is 0 Å². The molecule has 1 N–H and O–H groups in total. The second kappa shape index (κ2) is 8.84. The van der Waals surface area contributed by atoms with E-state index in [-0.39, 0.29) is 6.03 Å². The van der Waals surface area contributed by atoms with Crippen molar-refractivity contribution >= 4 is 35.0 Å². The molecule has 8 nitrogen and oxygen atoms in total. The fourth-order valence-electron chi connectivity index (χ4n) is 3.55. The van der Waals surface area contributed by atoms with Crippen molar-refractivity contribution < 1.29 is 9.53 Å². The van der Waals surface area contributed by atoms with E-state index in [2.05, 4.69) is 25.1 Å². The minimum absolute atomic E-state index is 0.134. The van der Waals surface area contributed by atoms with E-state index in [0.717, 1.165) is 56.9 Å². The van der Waals surface area contributed by atoms with Crippen LogP contribution in [-0.2, 0) is 4.74 Å². The fraction of sp³-hybridized carbons (Fsp3) is 0.450. The highest BCUT2D eigenvalue weighted by molar-refractivity contribution is 6.33. The molecular weight excluding hydrogens is 392 g/mol. The van der Waals surface area contributed by atoms with Crippen molar-refractivity contribution in [2.45, 2.75) is 6.92 Å². The third-order valence-corrected chi connectivity index (χ3v) is 5.48. The van der Waals surface area contributed by atoms with E-state index in [4.69, 9.17) is 16.3 Å². The topological polar surface area (TPSA) is 73.8 Å². The predicted molar refractivity (Wildman–Crippen MR) is 114 cm³/mol. The zero-order chi connectivity index (χ0) is 20.2. The lowest BCUT2D eigenvalue weighted by Crippen LogP contribution is -2.50. The molecule has 2 aliphatic rings. The molecule has 4 rings (SSSR count). The number of carbonyl (C=O) groups is 1. The first-order valence-electron chi connectivity index (χ1n) is 9.84. The summed E-state index contributed by atoms with van der Waals surface area (Å²) in [7, 11) is 0. The van der Waals surface area contributed by atoms with Crippen molar-refractivity contribution in [3.05, 3.63) is 41.2 Å². The van der Waals surface area contributed by atoms with Crippen LogP contribution in [0.25, 0.3) is 0 Å². The van der Waals surface area contributed by atoms with E-state index >= 15 is 0 Å². The van der Waals surface area contributed by atoms with Crippen LogP contribution in [0.15, 0.2) is 30.3 Å². The number of morpholine rings is 1. The van der Waals surface area contributed by atoms with Gasteiger partial charge in [-0.15, -0.1) is 0 Å². The average molecular weight is 417 g/mol. The minimum Gasteiger partial charge on any atom is -0.378 e. The monoisotopic (exact) mass is 416 g/mol. The summed E-state index contributed by atoms with van der Waals surface area (Å²) < 4.78 is 5.44. The van der Waals surface area contributed by atoms with Crippen LogP contribution >= 0.6 is 11.6 Å². The number of nitrogens with one attached hydrogen (secondary N) is 1. The van der Waals surface area contributed by atoms with Crippen molar-refractivity contribution in [2.24, 2.45) is 0 Å². The zero-order valence-corrected chi connectivity index (χ0v) is 17.2. The first kappa shape index (κ1) is 19.7. The van der Waals surface area contributed by atoms with E-state index < -0.39 is 0 Å². The smallest absolute Gasteiger partial charge is 0.322 e. The van der Waals surface area contributed by atoms with Crippen LogP contribution in [0.4, 0.5) is 22.1 Å². The molecule has 154 valence electrons. The van der Waals surface area contributed by atoms with Crippen LogP contribution in [0.1, 0.15) is 5.82 Å². The van der Waals surface area contributed by atoms with Gasteiger partial charge < -0.3 is 24.8 Å². The highest BCUT2D eigenvalue weighted by Crippen LogP contribution is 2.23. The Hall–Kier alpha value is -2.58. The van der Waals surface area contributed by atoms with Crippen molar-refractivity contribution in [3.63, 3.8) is 0 Å². The number of para-hydroxylation sites is 1. The summed E-state index contributed by atoms with van der Waals surface area (Å²) in [5.41, 5.74) is 0.628. The lowest BCUT2D eigenvalue weighted by atomic mass is 10.3. The summed E-state index contributed by atoms with van der Waals surface area (Å²) in [6.07, 6.45) is 0. The highest BCUT2D eigenvalue weighted by Gasteiger charge is 2.24. The van der Waals surface area contributed by atoms with Crippen molar-refractivity contribution in [3.8, 4) is 0 Å². The van der Waals surface area contributed by atoms with E-state index in [1.807, 2.05) is 25.1 Å². The Morgan fingerprint density at radius 1 is 1.00 bits per heavy atom. The number of hydrogen-bond donors (Lipinski definition) is 1. The largest absolute Gasteiger partial charge is 0.378 e. The normalized spacial score (nSPS) is 17.4. The summed E-state index contributed by atoms with van der Waals surface area (Å²) in [6.45, 7) is 7.70. The number of urea groups is 1. The number of benzene rings is 1. The van der Waals surface area contributed by atoms with Crippen LogP contribution < -0.4 is 15.1 Å². The second-order valence-electron chi connectivity index (χ2n) is 7.12. The molecular formula is C20H25ClN6O2. The van der Waals surface area contributed by atoms with Gasteiger partial charge in [0.05, 0.1) is 23.9 Å². The lowest BCUT2D eigenvalue weighted by molar-refractivity contribution is 0.122. The maximum Gasteiger partial charge on any atom is 0.322 e. The van der Waals surface area contributed by atoms with Gasteiger partial charge in [0.25, 0.3) is 0 Å². The number of piperazine rings is 1. The predicted octanol–water partition coefficient (Wildman–Crippen LogP) is 2.63. The Morgan fingerprint density at radius 3 is 2.28 bits per heavy atom. The molecule has 0 aliphatic carbocycles. The zero-order valence-electron chi connectivity index (χ0n) is 16.5. The molecule has 1 aromatic carbocycles. The van der Waals surface area contributed by atoms with Crippen LogP contribution in [0.2, 0.25) is 5.02 Å². The van der Waals surface area contributed by atoms with Gasteiger partial charge in [0.2, 0.25) is 0 Å². The third-order valence-electron chi connectivity index (χ3n) is 5.15. The van der Waals surface area contributed by atoms with Crippen molar-refractivity contribution in [1.29, 1.82) is 0 Å². The summed E-state index contributed by atoms with van der Waals surface area (Å²) in [4.78, 5) is 28.0. The van der Waals surface area contributed by atoms with Gasteiger partial charge in [0, 0.05) is 45.3 Å². The molecule has 0 bridgehead atoms. The maximum atomic E-state index is 12.6. The summed E-state index contributed by atoms with van der Waals surface area (Å²) in [5.74, 6) is 2.60. The van der Waals surface area contributed by atoms with Gasteiger partial charge in [-0.2, -0.15) is 0 Å². The standard InChI is InChI=1S/C20H25ClN6O2/c1-15-22-18(14-19(23-15)26-10-12-29-13-11-26)25-6-8-27(9-7-25)20(28)24-17-5-3-2-4-16(17)21/h2-5,14H,6-13H2,1H3,(H,24,28). The van der Waals surface area contributed by atoms with Gasteiger partial charge in [0.1, 0.15) is 17.5 Å². The van der Waals surface area contributed by atoms with Gasteiger partial charge in [-0.3, -0.25) is 0 Å². The van der Waals surface area contributed by atoms with Crippen molar-refractivity contribution in [1.82, 2.24) is 14.9 Å². The molecule has 0 unspecified atom stereocenters. The number of nitrogens with zero attached hydrogens (tertiary/aromatic N) is 5. The number of anilines is 3. The first-order valence-corrected chi connectivity index (χ1v) is 10.2. The molecule has 2 fully saturated rings. The Kier molecular flexibility index (Phi) is 6.01. The lowest BCUT2D eigenvalue weighted by Gasteiger charge is -2.36. The first-order chi connectivity index (χ1) is 14.1. The van der Waals surface area contributed by atoms with Gasteiger partial charge in [-0.1, -0.05) is 23.7 Å². The van der Waals surface area contributed by atoms with Gasteiger partial charge >= 0.3 is 6.03 Å². The second-order valence-corrected chi connectivity index (χ2v) is 7.52. The van der Waals surface area contributed by atoms with Gasteiger partial charge in [-0.05, 0) is 19.1 Å². The van der Waals surface area contributed by atoms with Crippen LogP contribution in [0, 0.1) is 6.92 Å². The molecule has 2 aliphatic heterocycles. The number of amides is 2. The summed E-state index contributed by atoms with van der Waals surface area (Å²) in [5, 5.41) is 3.42. The quantitative estimate of drug-likeness (QED) is 0.829. The van der Waals surface area contributed by atoms with E-state index in [1.54, 1.807) is 17.0 Å². The van der Waals surface area contributed by atoms with Crippen LogP contribution in [0.3, 0.4) is 0 Å². The van der Waals surface area contributed by atoms with Crippen LogP contribution in [0.5, 0.6) is 0 Å². The third kappa shape index (κ3) is 4.71. The average Bonchev–Trinajstić information content (AvgIpc) is 2.75. The number of aryl methyl sites for hydroxylation is 1. The molecule has 9 heteroatoms. The van der Waals surface area contributed by atoms with E-state index in [0.29, 0.717) is 23.8 Å². The van der Waals surface area contributed by atoms with Gasteiger partial charge in [-0.25, -0.2) is 14.8 Å². The number of hydrogen-bond acceptors (Lipinski definition) is 6. The Morgan fingerprint density at radius 2 is 1.62 bits per heavy atom. The van der Waals surface area contributed by atoms with Crippen molar-refractivity contribution in [2.75, 3.05) is 67.6 Å². The Bertz CT molecular complexity index is 866. The summed E-state index contributed by atoms with van der Waals surface area (Å²) in [6, 6.07) is 9.16. The molecule has 2 aromatic rings. The number of halogens is 1. The fourth-order valence-corrected chi connectivity index (χ4v) is 3.73.